The Kier molecular flexibility index (Phi) is 3.54. The topological polar surface area (TPSA) is 53.8 Å². The van der Waals surface area contributed by atoms with E-state index in [1.807, 2.05) is 37.3 Å². The van der Waals surface area contributed by atoms with Crippen LogP contribution in [0.15, 0.2) is 52.7 Å². The summed E-state index contributed by atoms with van der Waals surface area (Å²) >= 11 is 5.81. The molecule has 0 spiro atoms. The molecule has 0 aromatic heterocycles. The largest absolute Gasteiger partial charge is 0.320 e. The van der Waals surface area contributed by atoms with Crippen molar-refractivity contribution in [2.24, 2.45) is 10.2 Å². The van der Waals surface area contributed by atoms with Gasteiger partial charge in [0.2, 0.25) is 0 Å². The van der Waals surface area contributed by atoms with Gasteiger partial charge in [-0.1, -0.05) is 35.4 Å². The smallest absolute Gasteiger partial charge is 0.276 e. The van der Waals surface area contributed by atoms with Gasteiger partial charge in [0.15, 0.2) is 5.71 Å². The Balaban J connectivity index is 1.88. The summed E-state index contributed by atoms with van der Waals surface area (Å²) in [5.74, 6) is -0.233. The minimum Gasteiger partial charge on any atom is -0.320 e. The second-order valence-electron chi connectivity index (χ2n) is 4.75. The first-order chi connectivity index (χ1) is 10.1. The molecule has 3 rings (SSSR count). The Bertz CT molecular complexity index is 764. The van der Waals surface area contributed by atoms with E-state index < -0.39 is 0 Å². The molecule has 0 radical (unpaired) electrons. The fourth-order valence-corrected chi connectivity index (χ4v) is 2.19. The molecule has 1 aliphatic rings. The zero-order chi connectivity index (χ0) is 14.8. The van der Waals surface area contributed by atoms with E-state index in [4.69, 9.17) is 11.6 Å². The van der Waals surface area contributed by atoms with Crippen LogP contribution in [0.4, 0.5) is 5.69 Å². The third-order valence-electron chi connectivity index (χ3n) is 3.13. The van der Waals surface area contributed by atoms with E-state index in [-0.39, 0.29) is 5.91 Å². The zero-order valence-corrected chi connectivity index (χ0v) is 12.1. The third kappa shape index (κ3) is 2.85. The highest BCUT2D eigenvalue weighted by atomic mass is 35.5. The highest BCUT2D eigenvalue weighted by Crippen LogP contribution is 2.24. The molecule has 0 fully saturated rings. The molecule has 4 nitrogen and oxygen atoms in total. The van der Waals surface area contributed by atoms with Crippen LogP contribution >= 0.6 is 11.6 Å². The standard InChI is InChI=1S/C16H12ClN3O/c1-10-2-7-14-13(8-10)15(16(21)19-14)20-18-9-11-3-5-12(17)6-4-11/h2-9H,1H3,(H,19,20,21)/b18-9-. The van der Waals surface area contributed by atoms with E-state index >= 15 is 0 Å². The Hall–Kier alpha value is -2.46. The van der Waals surface area contributed by atoms with Crippen LogP contribution in [0.5, 0.6) is 0 Å². The highest BCUT2D eigenvalue weighted by Gasteiger charge is 2.25. The van der Waals surface area contributed by atoms with Crippen molar-refractivity contribution < 1.29 is 4.79 Å². The van der Waals surface area contributed by atoms with Crippen LogP contribution in [0.25, 0.3) is 0 Å². The van der Waals surface area contributed by atoms with E-state index in [2.05, 4.69) is 15.5 Å². The normalized spacial score (nSPS) is 15.5. The first kappa shape index (κ1) is 13.5. The minimum absolute atomic E-state index is 0.233. The molecule has 1 aliphatic heterocycles. The van der Waals surface area contributed by atoms with Gasteiger partial charge in [0.25, 0.3) is 5.91 Å². The molecule has 104 valence electrons. The minimum atomic E-state index is -0.233. The molecular weight excluding hydrogens is 286 g/mol. The maximum absolute atomic E-state index is 11.9. The van der Waals surface area contributed by atoms with Crippen molar-refractivity contribution in [1.29, 1.82) is 0 Å². The van der Waals surface area contributed by atoms with Crippen molar-refractivity contribution >= 4 is 35.1 Å². The maximum atomic E-state index is 11.9. The van der Waals surface area contributed by atoms with E-state index in [9.17, 15) is 4.79 Å². The molecule has 1 amide bonds. The van der Waals surface area contributed by atoms with Crippen LogP contribution in [0.3, 0.4) is 0 Å². The van der Waals surface area contributed by atoms with Gasteiger partial charge >= 0.3 is 0 Å². The molecule has 0 atom stereocenters. The van der Waals surface area contributed by atoms with Gasteiger partial charge in [-0.25, -0.2) is 0 Å². The van der Waals surface area contributed by atoms with Gasteiger partial charge < -0.3 is 5.32 Å². The monoisotopic (exact) mass is 297 g/mol. The first-order valence-corrected chi connectivity index (χ1v) is 6.80. The number of hydrogen-bond acceptors (Lipinski definition) is 3. The highest BCUT2D eigenvalue weighted by molar-refractivity contribution is 6.53. The van der Waals surface area contributed by atoms with Gasteiger partial charge in [-0.05, 0) is 36.8 Å². The number of nitrogens with zero attached hydrogens (tertiary/aromatic N) is 2. The zero-order valence-electron chi connectivity index (χ0n) is 11.3. The van der Waals surface area contributed by atoms with E-state index in [0.717, 1.165) is 22.4 Å². The summed E-state index contributed by atoms with van der Waals surface area (Å²) in [6.45, 7) is 1.97. The lowest BCUT2D eigenvalue weighted by Gasteiger charge is -1.97. The molecule has 1 N–H and O–H groups in total. The molecule has 2 aromatic rings. The van der Waals surface area contributed by atoms with Crippen molar-refractivity contribution in [3.63, 3.8) is 0 Å². The van der Waals surface area contributed by atoms with Crippen LogP contribution in [-0.4, -0.2) is 17.8 Å². The summed E-state index contributed by atoms with van der Waals surface area (Å²) in [7, 11) is 0. The molecule has 0 unspecified atom stereocenters. The Labute approximate surface area is 127 Å². The molecule has 0 saturated carbocycles. The number of nitrogens with one attached hydrogen (secondary N) is 1. The number of fused-ring (bicyclic) bond motifs is 1. The van der Waals surface area contributed by atoms with Crippen molar-refractivity contribution in [3.05, 3.63) is 64.2 Å². The SMILES string of the molecule is Cc1ccc2c(c1)/C(=N/N=C\c1ccc(Cl)cc1)C(=O)N2. The van der Waals surface area contributed by atoms with E-state index in [1.54, 1.807) is 18.3 Å². The number of carbonyl (C=O) groups is 1. The van der Waals surface area contributed by atoms with Crippen LogP contribution in [0.2, 0.25) is 5.02 Å². The fraction of sp³-hybridized carbons (Fsp3) is 0.0625. The molecule has 21 heavy (non-hydrogen) atoms. The van der Waals surface area contributed by atoms with Crippen molar-refractivity contribution in [1.82, 2.24) is 0 Å². The Morgan fingerprint density at radius 1 is 1.14 bits per heavy atom. The van der Waals surface area contributed by atoms with Crippen LogP contribution in [0, 0.1) is 6.92 Å². The number of halogens is 1. The summed E-state index contributed by atoms with van der Waals surface area (Å²) in [5, 5.41) is 11.5. The number of anilines is 1. The van der Waals surface area contributed by atoms with Gasteiger partial charge in [-0.15, -0.1) is 5.10 Å². The molecule has 2 aromatic carbocycles. The van der Waals surface area contributed by atoms with Gasteiger partial charge in [0.05, 0.1) is 11.9 Å². The van der Waals surface area contributed by atoms with Gasteiger partial charge in [-0.2, -0.15) is 5.10 Å². The van der Waals surface area contributed by atoms with Crippen LogP contribution < -0.4 is 5.32 Å². The lowest BCUT2D eigenvalue weighted by atomic mass is 10.1. The molecule has 0 saturated heterocycles. The quantitative estimate of drug-likeness (QED) is 0.670. The maximum Gasteiger partial charge on any atom is 0.276 e. The molecule has 5 heteroatoms. The van der Waals surface area contributed by atoms with Crippen molar-refractivity contribution in [3.8, 4) is 0 Å². The number of carbonyl (C=O) groups excluding carboxylic acids is 1. The number of benzene rings is 2. The van der Waals surface area contributed by atoms with E-state index in [0.29, 0.717) is 10.7 Å². The molecule has 1 heterocycles. The average Bonchev–Trinajstić information content (AvgIpc) is 2.77. The summed E-state index contributed by atoms with van der Waals surface area (Å²) < 4.78 is 0. The van der Waals surface area contributed by atoms with Gasteiger partial charge in [-0.3, -0.25) is 4.79 Å². The summed E-state index contributed by atoms with van der Waals surface area (Å²) in [4.78, 5) is 11.9. The number of rotatable bonds is 2. The fourth-order valence-electron chi connectivity index (χ4n) is 2.07. The van der Waals surface area contributed by atoms with Gasteiger partial charge in [0, 0.05) is 10.6 Å². The second-order valence-corrected chi connectivity index (χ2v) is 5.18. The molecule has 0 aliphatic carbocycles. The summed E-state index contributed by atoms with van der Waals surface area (Å²) in [6, 6.07) is 12.9. The Morgan fingerprint density at radius 2 is 1.90 bits per heavy atom. The van der Waals surface area contributed by atoms with Crippen molar-refractivity contribution in [2.75, 3.05) is 5.32 Å². The summed E-state index contributed by atoms with van der Waals surface area (Å²) in [6.07, 6.45) is 1.59. The molecule has 0 bridgehead atoms. The van der Waals surface area contributed by atoms with Crippen molar-refractivity contribution in [2.45, 2.75) is 6.92 Å². The average molecular weight is 298 g/mol. The molecular formula is C16H12ClN3O. The Morgan fingerprint density at radius 3 is 2.67 bits per heavy atom. The number of amides is 1. The second kappa shape index (κ2) is 5.50. The first-order valence-electron chi connectivity index (χ1n) is 6.42. The van der Waals surface area contributed by atoms with Gasteiger partial charge in [0.1, 0.15) is 0 Å². The lowest BCUT2D eigenvalue weighted by Crippen LogP contribution is -2.13. The lowest BCUT2D eigenvalue weighted by molar-refractivity contribution is -0.110. The predicted octanol–water partition coefficient (Wildman–Crippen LogP) is 3.42. The number of aryl methyl sites for hydroxylation is 1. The van der Waals surface area contributed by atoms with E-state index in [1.165, 1.54) is 0 Å². The van der Waals surface area contributed by atoms with Crippen LogP contribution in [-0.2, 0) is 4.79 Å². The number of hydrogen-bond donors (Lipinski definition) is 1. The third-order valence-corrected chi connectivity index (χ3v) is 3.38. The van der Waals surface area contributed by atoms with Crippen LogP contribution in [0.1, 0.15) is 16.7 Å². The predicted molar refractivity (Wildman–Crippen MR) is 85.4 cm³/mol. The summed E-state index contributed by atoms with van der Waals surface area (Å²) in [5.41, 5.74) is 3.82.